The summed E-state index contributed by atoms with van der Waals surface area (Å²) in [6.45, 7) is 7.92. The van der Waals surface area contributed by atoms with E-state index in [0.717, 1.165) is 30.0 Å². The molecule has 1 N–H and O–H groups in total. The van der Waals surface area contributed by atoms with E-state index in [2.05, 4.69) is 18.7 Å². The molecule has 0 radical (unpaired) electrons. The molecular formula is C26H24N2O4S2. The normalized spacial score (nSPS) is 14.8. The molecule has 0 atom stereocenters. The van der Waals surface area contributed by atoms with E-state index in [1.54, 1.807) is 36.4 Å². The minimum atomic E-state index is -0.998. The molecule has 4 rings (SSSR count). The van der Waals surface area contributed by atoms with E-state index < -0.39 is 5.97 Å². The van der Waals surface area contributed by atoms with Crippen molar-refractivity contribution in [1.82, 2.24) is 0 Å². The third-order valence-corrected chi connectivity index (χ3v) is 6.98. The molecular weight excluding hydrogens is 468 g/mol. The van der Waals surface area contributed by atoms with Crippen molar-refractivity contribution >= 4 is 57.6 Å². The van der Waals surface area contributed by atoms with Gasteiger partial charge in [0, 0.05) is 30.4 Å². The Morgan fingerprint density at radius 3 is 2.47 bits per heavy atom. The zero-order valence-electron chi connectivity index (χ0n) is 19.1. The third-order valence-electron chi connectivity index (χ3n) is 5.68. The molecule has 1 fully saturated rings. The second-order valence-corrected chi connectivity index (χ2v) is 9.42. The molecule has 0 spiro atoms. The highest BCUT2D eigenvalue weighted by Gasteiger charge is 2.33. The summed E-state index contributed by atoms with van der Waals surface area (Å²) in [5, 5.41) is 9.28. The number of thiocarbonyl (C=S) groups is 1. The number of hydrogen-bond donors (Lipinski definition) is 1. The molecule has 1 aliphatic rings. The first-order valence-corrected chi connectivity index (χ1v) is 12.1. The molecule has 0 unspecified atom stereocenters. The van der Waals surface area contributed by atoms with E-state index in [4.69, 9.17) is 16.6 Å². The van der Waals surface area contributed by atoms with Gasteiger partial charge in [-0.2, -0.15) is 0 Å². The lowest BCUT2D eigenvalue weighted by molar-refractivity contribution is -0.113. The van der Waals surface area contributed by atoms with Crippen LogP contribution < -0.4 is 9.80 Å². The first-order valence-electron chi connectivity index (χ1n) is 10.9. The Balaban J connectivity index is 1.57. The number of amides is 1. The molecule has 1 aliphatic heterocycles. The van der Waals surface area contributed by atoms with Gasteiger partial charge in [-0.25, -0.2) is 4.79 Å². The van der Waals surface area contributed by atoms with Crippen LogP contribution >= 0.6 is 24.0 Å². The number of thioether (sulfide) groups is 1. The number of aryl methyl sites for hydroxylation is 1. The average Bonchev–Trinajstić information content (AvgIpc) is 3.39. The maximum absolute atomic E-state index is 13.1. The van der Waals surface area contributed by atoms with Crippen molar-refractivity contribution in [2.24, 2.45) is 0 Å². The summed E-state index contributed by atoms with van der Waals surface area (Å²) in [5.74, 6) is -0.170. The number of nitrogens with zero attached hydrogens (tertiary/aromatic N) is 2. The minimum absolute atomic E-state index is 0.187. The molecule has 0 saturated carbocycles. The molecule has 0 aliphatic carbocycles. The summed E-state index contributed by atoms with van der Waals surface area (Å²) in [4.78, 5) is 28.7. The van der Waals surface area contributed by atoms with Crippen molar-refractivity contribution in [2.45, 2.75) is 20.8 Å². The minimum Gasteiger partial charge on any atom is -0.478 e. The van der Waals surface area contributed by atoms with E-state index in [9.17, 15) is 14.7 Å². The van der Waals surface area contributed by atoms with E-state index in [1.807, 2.05) is 31.2 Å². The van der Waals surface area contributed by atoms with Crippen molar-refractivity contribution < 1.29 is 19.1 Å². The Hall–Kier alpha value is -3.36. The van der Waals surface area contributed by atoms with Crippen molar-refractivity contribution in [3.05, 3.63) is 76.4 Å². The van der Waals surface area contributed by atoms with Gasteiger partial charge in [0.1, 0.15) is 11.5 Å². The number of benzene rings is 2. The van der Waals surface area contributed by atoms with E-state index in [1.165, 1.54) is 16.7 Å². The second kappa shape index (κ2) is 9.87. The zero-order chi connectivity index (χ0) is 24.4. The van der Waals surface area contributed by atoms with Crippen LogP contribution in [-0.2, 0) is 4.79 Å². The highest BCUT2D eigenvalue weighted by molar-refractivity contribution is 8.27. The van der Waals surface area contributed by atoms with Gasteiger partial charge in [-0.1, -0.05) is 30.0 Å². The number of carboxylic acid groups (broad SMARTS) is 1. The molecule has 1 amide bonds. The molecule has 2 heterocycles. The van der Waals surface area contributed by atoms with Crippen LogP contribution in [0.25, 0.3) is 17.4 Å². The Labute approximate surface area is 207 Å². The lowest BCUT2D eigenvalue weighted by Crippen LogP contribution is -2.27. The molecule has 34 heavy (non-hydrogen) atoms. The summed E-state index contributed by atoms with van der Waals surface area (Å²) >= 11 is 6.72. The van der Waals surface area contributed by atoms with Gasteiger partial charge in [0.15, 0.2) is 4.32 Å². The van der Waals surface area contributed by atoms with Crippen molar-refractivity contribution in [3.8, 4) is 11.3 Å². The number of aromatic carboxylic acids is 1. The van der Waals surface area contributed by atoms with Crippen LogP contribution in [0.4, 0.5) is 11.4 Å². The summed E-state index contributed by atoms with van der Waals surface area (Å²) < 4.78 is 6.40. The van der Waals surface area contributed by atoms with E-state index in [-0.39, 0.29) is 11.5 Å². The molecule has 0 bridgehead atoms. The van der Waals surface area contributed by atoms with Crippen LogP contribution in [-0.4, -0.2) is 34.4 Å². The van der Waals surface area contributed by atoms with E-state index in [0.29, 0.717) is 26.3 Å². The van der Waals surface area contributed by atoms with Crippen LogP contribution in [0.1, 0.15) is 35.5 Å². The number of rotatable bonds is 7. The van der Waals surface area contributed by atoms with Crippen LogP contribution in [0.5, 0.6) is 0 Å². The zero-order valence-corrected chi connectivity index (χ0v) is 20.7. The number of carbonyl (C=O) groups is 2. The van der Waals surface area contributed by atoms with Crippen LogP contribution in [0.2, 0.25) is 0 Å². The topological polar surface area (TPSA) is 74.0 Å². The van der Waals surface area contributed by atoms with Crippen LogP contribution in [0.15, 0.2) is 63.9 Å². The fraction of sp³-hybridized carbons (Fsp3) is 0.192. The molecule has 6 nitrogen and oxygen atoms in total. The predicted molar refractivity (Wildman–Crippen MR) is 141 cm³/mol. The quantitative estimate of drug-likeness (QED) is 0.311. The van der Waals surface area contributed by atoms with Gasteiger partial charge in [0.25, 0.3) is 5.91 Å². The Bertz CT molecular complexity index is 1290. The molecule has 1 saturated heterocycles. The summed E-state index contributed by atoms with van der Waals surface area (Å²) in [5.41, 5.74) is 3.60. The SMILES string of the molecule is CCN(CC)c1ccc(N2C(=O)C(=Cc3ccc(-c4cc(C(=O)O)ccc4C)o3)SC2=S)cc1. The fourth-order valence-electron chi connectivity index (χ4n) is 3.82. The average molecular weight is 493 g/mol. The summed E-state index contributed by atoms with van der Waals surface area (Å²) in [6, 6.07) is 16.2. The summed E-state index contributed by atoms with van der Waals surface area (Å²) in [6.07, 6.45) is 1.67. The lowest BCUT2D eigenvalue weighted by Gasteiger charge is -2.22. The second-order valence-electron chi connectivity index (χ2n) is 7.74. The van der Waals surface area contributed by atoms with Crippen LogP contribution in [0.3, 0.4) is 0 Å². The highest BCUT2D eigenvalue weighted by atomic mass is 32.2. The molecule has 2 aromatic carbocycles. The van der Waals surface area contributed by atoms with Crippen molar-refractivity contribution in [3.63, 3.8) is 0 Å². The van der Waals surface area contributed by atoms with Gasteiger partial charge >= 0.3 is 5.97 Å². The number of carbonyl (C=O) groups excluding carboxylic acids is 1. The van der Waals surface area contributed by atoms with Gasteiger partial charge in [-0.15, -0.1) is 0 Å². The van der Waals surface area contributed by atoms with Gasteiger partial charge in [-0.3, -0.25) is 9.69 Å². The van der Waals surface area contributed by atoms with Gasteiger partial charge < -0.3 is 14.4 Å². The van der Waals surface area contributed by atoms with Crippen molar-refractivity contribution in [1.29, 1.82) is 0 Å². The monoisotopic (exact) mass is 492 g/mol. The Morgan fingerprint density at radius 2 is 1.82 bits per heavy atom. The predicted octanol–water partition coefficient (Wildman–Crippen LogP) is 6.21. The first kappa shape index (κ1) is 23.8. The maximum atomic E-state index is 13.1. The molecule has 3 aromatic rings. The van der Waals surface area contributed by atoms with Crippen LogP contribution in [0, 0.1) is 6.92 Å². The Morgan fingerprint density at radius 1 is 1.12 bits per heavy atom. The largest absolute Gasteiger partial charge is 0.478 e. The van der Waals surface area contributed by atoms with Gasteiger partial charge in [-0.05, 0) is 74.9 Å². The number of carboxylic acids is 1. The fourth-order valence-corrected chi connectivity index (χ4v) is 5.10. The van der Waals surface area contributed by atoms with E-state index >= 15 is 0 Å². The number of furan rings is 1. The first-order chi connectivity index (χ1) is 16.3. The molecule has 1 aromatic heterocycles. The standard InChI is InChI=1S/C26H24N2O4S2/c1-4-27(5-2)18-8-10-19(11-9-18)28-24(29)23(34-26(28)33)15-20-12-13-22(32-20)21-14-17(25(30)31)7-6-16(21)3/h6-15H,4-5H2,1-3H3,(H,30,31). The smallest absolute Gasteiger partial charge is 0.335 e. The maximum Gasteiger partial charge on any atom is 0.335 e. The Kier molecular flexibility index (Phi) is 6.90. The molecule has 174 valence electrons. The third kappa shape index (κ3) is 4.64. The summed E-state index contributed by atoms with van der Waals surface area (Å²) in [7, 11) is 0. The van der Waals surface area contributed by atoms with Gasteiger partial charge in [0.05, 0.1) is 16.2 Å². The highest BCUT2D eigenvalue weighted by Crippen LogP contribution is 2.37. The number of anilines is 2. The molecule has 8 heteroatoms. The van der Waals surface area contributed by atoms with Gasteiger partial charge in [0.2, 0.25) is 0 Å². The number of hydrogen-bond acceptors (Lipinski definition) is 6. The lowest BCUT2D eigenvalue weighted by atomic mass is 10.0. The van der Waals surface area contributed by atoms with Crippen molar-refractivity contribution in [2.75, 3.05) is 22.9 Å².